The molecule has 0 aliphatic carbocycles. The van der Waals surface area contributed by atoms with Crippen molar-refractivity contribution in [1.82, 2.24) is 0 Å². The van der Waals surface area contributed by atoms with Gasteiger partial charge in [-0.05, 0) is 0 Å². The summed E-state index contributed by atoms with van der Waals surface area (Å²) < 4.78 is 23.1. The van der Waals surface area contributed by atoms with Crippen molar-refractivity contribution in [2.24, 2.45) is 5.92 Å². The third-order valence-corrected chi connectivity index (χ3v) is 2.48. The van der Waals surface area contributed by atoms with E-state index in [1.807, 2.05) is 0 Å². The van der Waals surface area contributed by atoms with E-state index >= 15 is 0 Å². The first-order chi connectivity index (χ1) is 6.63. The molecule has 0 aromatic carbocycles. The van der Waals surface area contributed by atoms with Gasteiger partial charge >= 0.3 is 19.5 Å². The lowest BCUT2D eigenvalue weighted by atomic mass is 10.1. The van der Waals surface area contributed by atoms with Crippen LogP contribution in [0, 0.1) is 5.92 Å². The van der Waals surface area contributed by atoms with Gasteiger partial charge in [0.15, 0.2) is 6.17 Å². The van der Waals surface area contributed by atoms with Crippen LogP contribution in [0.2, 0.25) is 0 Å². The summed E-state index contributed by atoms with van der Waals surface area (Å²) in [7, 11) is -4.60. The van der Waals surface area contributed by atoms with Gasteiger partial charge in [-0.25, -0.2) is 9.18 Å². The predicted octanol–water partition coefficient (Wildman–Crippen LogP) is -0.322. The largest absolute Gasteiger partial charge is 0.481 e. The van der Waals surface area contributed by atoms with E-state index in [9.17, 15) is 18.5 Å². The standard InChI is InChI=1S/C6H10FO7P/c7-4(6(10)11)1-3(5(8)9)2-15(12,13)14/h3-4H,1-2H2,(H,8,9)(H,10,11)(H2,12,13,14)/t3-,4?/m1/s1. The van der Waals surface area contributed by atoms with E-state index in [-0.39, 0.29) is 0 Å². The molecule has 9 heteroatoms. The van der Waals surface area contributed by atoms with Crippen molar-refractivity contribution in [2.75, 3.05) is 6.16 Å². The highest BCUT2D eigenvalue weighted by Crippen LogP contribution is 2.38. The van der Waals surface area contributed by atoms with Crippen LogP contribution in [0.4, 0.5) is 4.39 Å². The number of rotatable bonds is 6. The summed E-state index contributed by atoms with van der Waals surface area (Å²) in [5, 5.41) is 16.6. The minimum atomic E-state index is -4.60. The summed E-state index contributed by atoms with van der Waals surface area (Å²) in [6, 6.07) is 0. The molecule has 0 bridgehead atoms. The average Bonchev–Trinajstić information content (AvgIpc) is 1.99. The summed E-state index contributed by atoms with van der Waals surface area (Å²) in [6.07, 6.45) is -4.48. The molecule has 2 atom stereocenters. The van der Waals surface area contributed by atoms with Gasteiger partial charge in [-0.15, -0.1) is 0 Å². The van der Waals surface area contributed by atoms with Gasteiger partial charge in [0.2, 0.25) is 0 Å². The Morgan fingerprint density at radius 2 is 1.67 bits per heavy atom. The molecule has 0 radical (unpaired) electrons. The second-order valence-electron chi connectivity index (χ2n) is 2.92. The van der Waals surface area contributed by atoms with Crippen LogP contribution in [0.3, 0.4) is 0 Å². The third kappa shape index (κ3) is 6.16. The van der Waals surface area contributed by atoms with Crippen molar-refractivity contribution in [2.45, 2.75) is 12.6 Å². The van der Waals surface area contributed by atoms with Crippen molar-refractivity contribution in [3.63, 3.8) is 0 Å². The van der Waals surface area contributed by atoms with Crippen LogP contribution in [0.5, 0.6) is 0 Å². The Kier molecular flexibility index (Phi) is 4.86. The van der Waals surface area contributed by atoms with E-state index in [1.54, 1.807) is 0 Å². The molecule has 15 heavy (non-hydrogen) atoms. The highest BCUT2D eigenvalue weighted by Gasteiger charge is 2.32. The fraction of sp³-hybridized carbons (Fsp3) is 0.667. The molecule has 1 unspecified atom stereocenters. The van der Waals surface area contributed by atoms with E-state index in [2.05, 4.69) is 0 Å². The van der Waals surface area contributed by atoms with Crippen LogP contribution < -0.4 is 0 Å². The van der Waals surface area contributed by atoms with Gasteiger partial charge in [-0.3, -0.25) is 9.36 Å². The number of halogens is 1. The number of hydrogen-bond donors (Lipinski definition) is 4. The van der Waals surface area contributed by atoms with Crippen LogP contribution in [0.1, 0.15) is 6.42 Å². The smallest absolute Gasteiger partial charge is 0.338 e. The zero-order valence-corrected chi connectivity index (χ0v) is 8.30. The van der Waals surface area contributed by atoms with Gasteiger partial charge in [0.25, 0.3) is 0 Å². The summed E-state index contributed by atoms with van der Waals surface area (Å²) in [6.45, 7) is 0. The van der Waals surface area contributed by atoms with E-state index in [1.165, 1.54) is 0 Å². The van der Waals surface area contributed by atoms with Gasteiger partial charge in [-0.1, -0.05) is 0 Å². The van der Waals surface area contributed by atoms with Gasteiger partial charge in [-0.2, -0.15) is 0 Å². The number of carboxylic acid groups (broad SMARTS) is 2. The minimum Gasteiger partial charge on any atom is -0.481 e. The molecule has 0 aliphatic rings. The quantitative estimate of drug-likeness (QED) is 0.470. The zero-order chi connectivity index (χ0) is 12.2. The molecule has 0 aromatic heterocycles. The second kappa shape index (κ2) is 5.20. The lowest BCUT2D eigenvalue weighted by molar-refractivity contribution is -0.146. The monoisotopic (exact) mass is 244 g/mol. The molecule has 0 aromatic rings. The maximum absolute atomic E-state index is 12.6. The Balaban J connectivity index is 4.49. The number of carbonyl (C=O) groups is 2. The summed E-state index contributed by atoms with van der Waals surface area (Å²) >= 11 is 0. The highest BCUT2D eigenvalue weighted by molar-refractivity contribution is 7.51. The number of aliphatic carboxylic acids is 2. The zero-order valence-electron chi connectivity index (χ0n) is 7.41. The highest BCUT2D eigenvalue weighted by atomic mass is 31.2. The van der Waals surface area contributed by atoms with Gasteiger partial charge < -0.3 is 20.0 Å². The van der Waals surface area contributed by atoms with E-state index < -0.39 is 44.2 Å². The van der Waals surface area contributed by atoms with E-state index in [4.69, 9.17) is 20.0 Å². The normalized spacial score (nSPS) is 15.7. The lowest BCUT2D eigenvalue weighted by Gasteiger charge is -2.13. The Bertz CT molecular complexity index is 298. The van der Waals surface area contributed by atoms with Crippen LogP contribution in [0.15, 0.2) is 0 Å². The van der Waals surface area contributed by atoms with Gasteiger partial charge in [0, 0.05) is 6.42 Å². The molecule has 0 heterocycles. The predicted molar refractivity (Wildman–Crippen MR) is 45.2 cm³/mol. The molecular weight excluding hydrogens is 234 g/mol. The molecule has 0 fully saturated rings. The first-order valence-electron chi connectivity index (χ1n) is 3.77. The molecule has 7 nitrogen and oxygen atoms in total. The number of carboxylic acids is 2. The van der Waals surface area contributed by atoms with Crippen molar-refractivity contribution in [3.05, 3.63) is 0 Å². The number of alkyl halides is 1. The summed E-state index contributed by atoms with van der Waals surface area (Å²) in [5.74, 6) is -5.20. The van der Waals surface area contributed by atoms with Gasteiger partial charge in [0.1, 0.15) is 0 Å². The first kappa shape index (κ1) is 14.0. The maximum Gasteiger partial charge on any atom is 0.338 e. The van der Waals surface area contributed by atoms with Gasteiger partial charge in [0.05, 0.1) is 12.1 Å². The van der Waals surface area contributed by atoms with Crippen LogP contribution >= 0.6 is 7.60 Å². The molecule has 0 saturated heterocycles. The Hall–Kier alpha value is -0.980. The van der Waals surface area contributed by atoms with Crippen LogP contribution in [-0.4, -0.2) is 44.3 Å². The van der Waals surface area contributed by atoms with Crippen LogP contribution in [-0.2, 0) is 14.2 Å². The molecule has 0 spiro atoms. The fourth-order valence-electron chi connectivity index (χ4n) is 0.891. The first-order valence-corrected chi connectivity index (χ1v) is 5.57. The SMILES string of the molecule is O=C(O)C(F)C[C@H](CP(=O)(O)O)C(=O)O. The van der Waals surface area contributed by atoms with Crippen molar-refractivity contribution in [3.8, 4) is 0 Å². The Morgan fingerprint density at radius 1 is 1.20 bits per heavy atom. The molecular formula is C6H10FO7P. The molecule has 0 amide bonds. The minimum absolute atomic E-state index is 0.963. The summed E-state index contributed by atoms with van der Waals surface area (Å²) in [4.78, 5) is 37.4. The summed E-state index contributed by atoms with van der Waals surface area (Å²) in [5.41, 5.74) is 0. The fourth-order valence-corrected chi connectivity index (χ4v) is 1.77. The van der Waals surface area contributed by atoms with Crippen molar-refractivity contribution in [1.29, 1.82) is 0 Å². The molecule has 4 N–H and O–H groups in total. The van der Waals surface area contributed by atoms with E-state index in [0.29, 0.717) is 0 Å². The molecule has 0 saturated carbocycles. The topological polar surface area (TPSA) is 132 Å². The van der Waals surface area contributed by atoms with Crippen LogP contribution in [0.25, 0.3) is 0 Å². The van der Waals surface area contributed by atoms with Crippen molar-refractivity contribution >= 4 is 19.5 Å². The van der Waals surface area contributed by atoms with Crippen molar-refractivity contribution < 1.29 is 38.5 Å². The Labute approximate surface area is 83.7 Å². The Morgan fingerprint density at radius 3 is 1.93 bits per heavy atom. The molecule has 0 rings (SSSR count). The second-order valence-corrected chi connectivity index (χ2v) is 4.62. The number of hydrogen-bond acceptors (Lipinski definition) is 3. The third-order valence-electron chi connectivity index (χ3n) is 1.57. The average molecular weight is 244 g/mol. The molecule has 0 aliphatic heterocycles. The maximum atomic E-state index is 12.6. The van der Waals surface area contributed by atoms with E-state index in [0.717, 1.165) is 0 Å². The lowest BCUT2D eigenvalue weighted by Crippen LogP contribution is -2.26. The molecule has 88 valence electrons.